The molecule has 0 unspecified atom stereocenters. The van der Waals surface area contributed by atoms with Crippen LogP contribution in [-0.4, -0.2) is 39.1 Å². The molecule has 0 spiro atoms. The summed E-state index contributed by atoms with van der Waals surface area (Å²) < 4.78 is 6.77. The molecule has 0 radical (unpaired) electrons. The highest BCUT2D eigenvalue weighted by Gasteiger charge is 2.24. The van der Waals surface area contributed by atoms with Gasteiger partial charge in [0.2, 0.25) is 0 Å². The van der Waals surface area contributed by atoms with Gasteiger partial charge in [-0.3, -0.25) is 4.68 Å². The summed E-state index contributed by atoms with van der Waals surface area (Å²) in [7, 11) is 0. The molecule has 1 aliphatic heterocycles. The van der Waals surface area contributed by atoms with Crippen molar-refractivity contribution in [2.75, 3.05) is 18.1 Å². The summed E-state index contributed by atoms with van der Waals surface area (Å²) in [5, 5.41) is 13.3. The monoisotopic (exact) mass is 302 g/mol. The third-order valence-electron chi connectivity index (χ3n) is 3.63. The Hall–Kier alpha value is -2.41. The van der Waals surface area contributed by atoms with Gasteiger partial charge in [0.1, 0.15) is 5.82 Å². The van der Waals surface area contributed by atoms with Crippen molar-refractivity contribution in [2.24, 2.45) is 0 Å². The number of aliphatic hydroxyl groups is 1. The zero-order chi connectivity index (χ0) is 15.5. The minimum Gasteiger partial charge on any atom is -0.462 e. The van der Waals surface area contributed by atoms with Gasteiger partial charge >= 0.3 is 5.97 Å². The molecule has 3 heterocycles. The van der Waals surface area contributed by atoms with Crippen LogP contribution in [0.15, 0.2) is 24.5 Å². The average Bonchev–Trinajstić information content (AvgIpc) is 3.10. The van der Waals surface area contributed by atoms with Gasteiger partial charge in [0, 0.05) is 18.3 Å². The first-order valence-electron chi connectivity index (χ1n) is 7.25. The van der Waals surface area contributed by atoms with E-state index in [-0.39, 0.29) is 12.6 Å². The number of aliphatic hydroxyl groups excluding tert-OH is 1. The van der Waals surface area contributed by atoms with E-state index in [0.717, 1.165) is 23.6 Å². The van der Waals surface area contributed by atoms with Gasteiger partial charge in [-0.05, 0) is 19.1 Å². The maximum Gasteiger partial charge on any atom is 0.339 e. The van der Waals surface area contributed by atoms with E-state index in [1.165, 1.54) is 6.20 Å². The number of rotatable bonds is 5. The number of fused-ring (bicyclic) bond motifs is 1. The molecule has 1 aliphatic rings. The van der Waals surface area contributed by atoms with Crippen LogP contribution in [-0.2, 0) is 24.4 Å². The van der Waals surface area contributed by atoms with Crippen molar-refractivity contribution in [2.45, 2.75) is 26.6 Å². The van der Waals surface area contributed by atoms with Gasteiger partial charge in [-0.15, -0.1) is 0 Å². The number of anilines is 1. The molecule has 7 heteroatoms. The Balaban J connectivity index is 1.72. The molecule has 116 valence electrons. The van der Waals surface area contributed by atoms with Crippen LogP contribution in [0, 0.1) is 0 Å². The number of carbonyl (C=O) groups excluding carboxylic acids is 1. The lowest BCUT2D eigenvalue weighted by Crippen LogP contribution is -2.19. The quantitative estimate of drug-likeness (QED) is 0.829. The second kappa shape index (κ2) is 6.15. The molecule has 0 saturated carbocycles. The van der Waals surface area contributed by atoms with Crippen LogP contribution in [0.2, 0.25) is 0 Å². The molecule has 0 bridgehead atoms. The molecular weight excluding hydrogens is 284 g/mol. The highest BCUT2D eigenvalue weighted by Crippen LogP contribution is 2.26. The van der Waals surface area contributed by atoms with Crippen LogP contribution < -0.4 is 4.90 Å². The van der Waals surface area contributed by atoms with Crippen LogP contribution in [0.1, 0.15) is 28.5 Å². The van der Waals surface area contributed by atoms with Gasteiger partial charge in [0.05, 0.1) is 43.8 Å². The van der Waals surface area contributed by atoms with Crippen LogP contribution in [0.25, 0.3) is 0 Å². The summed E-state index contributed by atoms with van der Waals surface area (Å²) in [5.74, 6) is 0.449. The predicted molar refractivity (Wildman–Crippen MR) is 79.4 cm³/mol. The normalized spacial score (nSPS) is 13.3. The third kappa shape index (κ3) is 2.67. The maximum atomic E-state index is 11.6. The van der Waals surface area contributed by atoms with Crippen molar-refractivity contribution in [3.63, 3.8) is 0 Å². The van der Waals surface area contributed by atoms with Crippen molar-refractivity contribution >= 4 is 11.8 Å². The largest absolute Gasteiger partial charge is 0.462 e. The maximum absolute atomic E-state index is 11.6. The Morgan fingerprint density at radius 3 is 2.91 bits per heavy atom. The number of hydrogen-bond acceptors (Lipinski definition) is 6. The fourth-order valence-electron chi connectivity index (χ4n) is 2.56. The lowest BCUT2D eigenvalue weighted by atomic mass is 10.3. The summed E-state index contributed by atoms with van der Waals surface area (Å²) in [5.41, 5.74) is 2.70. The van der Waals surface area contributed by atoms with Crippen molar-refractivity contribution in [1.82, 2.24) is 14.8 Å². The summed E-state index contributed by atoms with van der Waals surface area (Å²) in [6, 6.07) is 3.55. The van der Waals surface area contributed by atoms with E-state index in [2.05, 4.69) is 15.0 Å². The number of hydrogen-bond donors (Lipinski definition) is 1. The average molecular weight is 302 g/mol. The number of carbonyl (C=O) groups is 1. The Kier molecular flexibility index (Phi) is 4.06. The van der Waals surface area contributed by atoms with E-state index in [1.807, 2.05) is 16.9 Å². The van der Waals surface area contributed by atoms with Gasteiger partial charge in [-0.25, -0.2) is 9.78 Å². The first-order chi connectivity index (χ1) is 10.7. The zero-order valence-electron chi connectivity index (χ0n) is 12.4. The Bertz CT molecular complexity index is 666. The second-order valence-electron chi connectivity index (χ2n) is 5.04. The SMILES string of the molecule is CCOC(=O)c1ccc(N2Cc3cnn(CCO)c3C2)nc1. The number of aromatic nitrogens is 3. The van der Waals surface area contributed by atoms with E-state index < -0.39 is 0 Å². The lowest BCUT2D eigenvalue weighted by molar-refractivity contribution is 0.0526. The van der Waals surface area contributed by atoms with Gasteiger partial charge in [0.25, 0.3) is 0 Å². The van der Waals surface area contributed by atoms with Gasteiger partial charge in [0.15, 0.2) is 0 Å². The van der Waals surface area contributed by atoms with Gasteiger partial charge in [-0.2, -0.15) is 5.10 Å². The predicted octanol–water partition coefficient (Wildman–Crippen LogP) is 0.967. The lowest BCUT2D eigenvalue weighted by Gasteiger charge is -2.17. The molecule has 22 heavy (non-hydrogen) atoms. The number of pyridine rings is 1. The Labute approximate surface area is 128 Å². The molecule has 0 atom stereocenters. The van der Waals surface area contributed by atoms with Crippen LogP contribution in [0.4, 0.5) is 5.82 Å². The van der Waals surface area contributed by atoms with Gasteiger partial charge in [-0.1, -0.05) is 0 Å². The fourth-order valence-corrected chi connectivity index (χ4v) is 2.56. The fraction of sp³-hybridized carbons (Fsp3) is 0.400. The van der Waals surface area contributed by atoms with Crippen molar-refractivity contribution < 1.29 is 14.6 Å². The highest BCUT2D eigenvalue weighted by atomic mass is 16.5. The van der Waals surface area contributed by atoms with Crippen molar-refractivity contribution in [3.8, 4) is 0 Å². The first-order valence-corrected chi connectivity index (χ1v) is 7.25. The number of ether oxygens (including phenoxy) is 1. The Morgan fingerprint density at radius 1 is 1.36 bits per heavy atom. The van der Waals surface area contributed by atoms with Gasteiger partial charge < -0.3 is 14.7 Å². The second-order valence-corrected chi connectivity index (χ2v) is 5.04. The molecule has 0 aliphatic carbocycles. The summed E-state index contributed by atoms with van der Waals surface area (Å²) in [4.78, 5) is 18.1. The zero-order valence-corrected chi connectivity index (χ0v) is 12.4. The van der Waals surface area contributed by atoms with Crippen LogP contribution >= 0.6 is 0 Å². The molecule has 0 aromatic carbocycles. The standard InChI is InChI=1S/C15H18N4O3/c1-2-22-15(21)11-3-4-14(16-7-11)18-9-12-8-17-19(5-6-20)13(12)10-18/h3-4,7-8,20H,2,5-6,9-10H2,1H3. The van der Waals surface area contributed by atoms with Crippen molar-refractivity contribution in [3.05, 3.63) is 41.3 Å². The molecular formula is C15H18N4O3. The summed E-state index contributed by atoms with van der Waals surface area (Å²) in [6.45, 7) is 4.12. The molecule has 1 N–H and O–H groups in total. The topological polar surface area (TPSA) is 80.5 Å². The minimum atomic E-state index is -0.357. The molecule has 2 aromatic rings. The molecule has 3 rings (SSSR count). The smallest absolute Gasteiger partial charge is 0.339 e. The summed E-state index contributed by atoms with van der Waals surface area (Å²) >= 11 is 0. The highest BCUT2D eigenvalue weighted by molar-refractivity contribution is 5.89. The summed E-state index contributed by atoms with van der Waals surface area (Å²) in [6.07, 6.45) is 3.37. The Morgan fingerprint density at radius 2 is 2.23 bits per heavy atom. The minimum absolute atomic E-state index is 0.0700. The van der Waals surface area contributed by atoms with E-state index in [9.17, 15) is 4.79 Å². The van der Waals surface area contributed by atoms with E-state index in [1.54, 1.807) is 13.0 Å². The number of esters is 1. The molecule has 0 saturated heterocycles. The molecule has 0 fully saturated rings. The molecule has 7 nitrogen and oxygen atoms in total. The third-order valence-corrected chi connectivity index (χ3v) is 3.63. The van der Waals surface area contributed by atoms with Crippen LogP contribution in [0.3, 0.4) is 0 Å². The van der Waals surface area contributed by atoms with E-state index in [4.69, 9.17) is 9.84 Å². The van der Waals surface area contributed by atoms with E-state index in [0.29, 0.717) is 25.3 Å². The first kappa shape index (κ1) is 14.5. The molecule has 0 amide bonds. The van der Waals surface area contributed by atoms with Crippen molar-refractivity contribution in [1.29, 1.82) is 0 Å². The molecule has 2 aromatic heterocycles. The van der Waals surface area contributed by atoms with E-state index >= 15 is 0 Å². The number of nitrogens with zero attached hydrogens (tertiary/aromatic N) is 4. The van der Waals surface area contributed by atoms with Crippen LogP contribution in [0.5, 0.6) is 0 Å².